The minimum atomic E-state index is -0.716. The molecule has 0 bridgehead atoms. The molecule has 1 unspecified atom stereocenters. The molecule has 0 saturated heterocycles. The molecule has 0 aromatic heterocycles. The van der Waals surface area contributed by atoms with Crippen LogP contribution in [0.5, 0.6) is 5.75 Å². The van der Waals surface area contributed by atoms with Gasteiger partial charge in [-0.15, -0.1) is 12.4 Å². The fourth-order valence-electron chi connectivity index (χ4n) is 1.86. The summed E-state index contributed by atoms with van der Waals surface area (Å²) in [6.07, 6.45) is 4.66. The van der Waals surface area contributed by atoms with Gasteiger partial charge in [0, 0.05) is 5.02 Å². The molecule has 1 aromatic carbocycles. The van der Waals surface area contributed by atoms with E-state index in [2.05, 4.69) is 0 Å². The minimum absolute atomic E-state index is 0. The molecule has 1 aromatic rings. The standard InChI is InChI=1S/C15H22ClNO3.ClH/c1-11(15(18)19)6-4-2-3-5-9-20-14-8-7-12(16)10-13(14)17;/h7-8,10-11H,2-6,9,17H2,1H3,(H,18,19);1H. The van der Waals surface area contributed by atoms with Crippen molar-refractivity contribution < 1.29 is 14.6 Å². The average molecular weight is 336 g/mol. The van der Waals surface area contributed by atoms with Crippen LogP contribution in [0.1, 0.15) is 39.0 Å². The van der Waals surface area contributed by atoms with E-state index in [0.717, 1.165) is 32.1 Å². The third-order valence-electron chi connectivity index (χ3n) is 3.18. The Kier molecular flexibility index (Phi) is 10.0. The molecular formula is C15H23Cl2NO3. The van der Waals surface area contributed by atoms with Crippen LogP contribution < -0.4 is 10.5 Å². The van der Waals surface area contributed by atoms with Crippen LogP contribution in [0.2, 0.25) is 5.02 Å². The summed E-state index contributed by atoms with van der Waals surface area (Å²) in [5, 5.41) is 9.35. The van der Waals surface area contributed by atoms with Crippen molar-refractivity contribution in [3.05, 3.63) is 23.2 Å². The van der Waals surface area contributed by atoms with Gasteiger partial charge in [-0.3, -0.25) is 4.79 Å². The van der Waals surface area contributed by atoms with Gasteiger partial charge in [0.25, 0.3) is 0 Å². The molecule has 120 valence electrons. The Morgan fingerprint density at radius 3 is 2.62 bits per heavy atom. The molecule has 3 N–H and O–H groups in total. The van der Waals surface area contributed by atoms with Crippen LogP contribution in [-0.4, -0.2) is 17.7 Å². The highest BCUT2D eigenvalue weighted by Crippen LogP contribution is 2.25. The van der Waals surface area contributed by atoms with Crippen molar-refractivity contribution in [1.29, 1.82) is 0 Å². The van der Waals surface area contributed by atoms with Crippen LogP contribution in [-0.2, 0) is 4.79 Å². The number of nitrogen functional groups attached to an aromatic ring is 1. The van der Waals surface area contributed by atoms with Gasteiger partial charge in [0.1, 0.15) is 5.75 Å². The van der Waals surface area contributed by atoms with Gasteiger partial charge in [-0.05, 0) is 31.0 Å². The highest BCUT2D eigenvalue weighted by atomic mass is 35.5. The van der Waals surface area contributed by atoms with Crippen molar-refractivity contribution in [1.82, 2.24) is 0 Å². The van der Waals surface area contributed by atoms with E-state index in [0.29, 0.717) is 23.1 Å². The minimum Gasteiger partial charge on any atom is -0.491 e. The van der Waals surface area contributed by atoms with Crippen LogP contribution in [0.25, 0.3) is 0 Å². The first-order chi connectivity index (χ1) is 9.50. The van der Waals surface area contributed by atoms with Crippen LogP contribution in [0.4, 0.5) is 5.69 Å². The van der Waals surface area contributed by atoms with Crippen molar-refractivity contribution >= 4 is 35.7 Å². The Bertz CT molecular complexity index is 441. The second-order valence-electron chi connectivity index (χ2n) is 4.97. The van der Waals surface area contributed by atoms with E-state index in [4.69, 9.17) is 27.2 Å². The van der Waals surface area contributed by atoms with Gasteiger partial charge < -0.3 is 15.6 Å². The average Bonchev–Trinajstić information content (AvgIpc) is 2.39. The smallest absolute Gasteiger partial charge is 0.306 e. The van der Waals surface area contributed by atoms with Gasteiger partial charge in [-0.1, -0.05) is 37.8 Å². The molecule has 0 aliphatic heterocycles. The van der Waals surface area contributed by atoms with E-state index >= 15 is 0 Å². The molecule has 0 saturated carbocycles. The maximum Gasteiger partial charge on any atom is 0.306 e. The van der Waals surface area contributed by atoms with Crippen molar-refractivity contribution in [3.63, 3.8) is 0 Å². The first-order valence-corrected chi connectivity index (χ1v) is 7.29. The Morgan fingerprint density at radius 1 is 1.33 bits per heavy atom. The molecule has 0 aliphatic carbocycles. The van der Waals surface area contributed by atoms with Crippen molar-refractivity contribution in [2.45, 2.75) is 39.0 Å². The number of benzene rings is 1. The van der Waals surface area contributed by atoms with Gasteiger partial charge in [0.05, 0.1) is 18.2 Å². The van der Waals surface area contributed by atoms with E-state index in [1.54, 1.807) is 25.1 Å². The van der Waals surface area contributed by atoms with Gasteiger partial charge in [-0.2, -0.15) is 0 Å². The molecule has 1 rings (SSSR count). The monoisotopic (exact) mass is 335 g/mol. The molecule has 0 heterocycles. The zero-order chi connectivity index (χ0) is 15.0. The summed E-state index contributed by atoms with van der Waals surface area (Å²) >= 11 is 5.81. The summed E-state index contributed by atoms with van der Waals surface area (Å²) in [5.74, 6) is -0.305. The van der Waals surface area contributed by atoms with Gasteiger partial charge in [0.15, 0.2) is 0 Å². The lowest BCUT2D eigenvalue weighted by Crippen LogP contribution is -2.08. The lowest BCUT2D eigenvalue weighted by atomic mass is 10.0. The fourth-order valence-corrected chi connectivity index (χ4v) is 2.04. The summed E-state index contributed by atoms with van der Waals surface area (Å²) in [7, 11) is 0. The van der Waals surface area contributed by atoms with E-state index in [1.165, 1.54) is 0 Å². The van der Waals surface area contributed by atoms with Crippen molar-refractivity contribution in [3.8, 4) is 5.75 Å². The largest absolute Gasteiger partial charge is 0.491 e. The fraction of sp³-hybridized carbons (Fsp3) is 0.533. The number of anilines is 1. The van der Waals surface area contributed by atoms with Gasteiger partial charge in [0.2, 0.25) is 0 Å². The highest BCUT2D eigenvalue weighted by Gasteiger charge is 2.09. The van der Waals surface area contributed by atoms with E-state index in [-0.39, 0.29) is 18.3 Å². The van der Waals surface area contributed by atoms with E-state index < -0.39 is 5.97 Å². The van der Waals surface area contributed by atoms with Crippen LogP contribution in [0, 0.1) is 5.92 Å². The molecule has 4 nitrogen and oxygen atoms in total. The van der Waals surface area contributed by atoms with E-state index in [9.17, 15) is 4.79 Å². The third kappa shape index (κ3) is 8.02. The summed E-state index contributed by atoms with van der Waals surface area (Å²) < 4.78 is 5.58. The summed E-state index contributed by atoms with van der Waals surface area (Å²) in [5.41, 5.74) is 6.33. The first-order valence-electron chi connectivity index (χ1n) is 6.91. The Labute approximate surface area is 137 Å². The number of ether oxygens (including phenoxy) is 1. The van der Waals surface area contributed by atoms with Crippen LogP contribution >= 0.6 is 24.0 Å². The summed E-state index contributed by atoms with van der Waals surface area (Å²) in [6, 6.07) is 5.19. The number of carboxylic acids is 1. The maximum atomic E-state index is 10.6. The Hall–Kier alpha value is -1.13. The zero-order valence-corrected chi connectivity index (χ0v) is 13.8. The normalized spacial score (nSPS) is 11.5. The molecule has 21 heavy (non-hydrogen) atoms. The quantitative estimate of drug-likeness (QED) is 0.518. The maximum absolute atomic E-state index is 10.6. The van der Waals surface area contributed by atoms with Crippen molar-refractivity contribution in [2.24, 2.45) is 5.92 Å². The Balaban J connectivity index is 0.00000400. The number of unbranched alkanes of at least 4 members (excludes halogenated alkanes) is 3. The SMILES string of the molecule is CC(CCCCCCOc1ccc(Cl)cc1N)C(=O)O.Cl. The van der Waals surface area contributed by atoms with Crippen LogP contribution in [0.3, 0.4) is 0 Å². The lowest BCUT2D eigenvalue weighted by Gasteiger charge is -2.09. The second-order valence-corrected chi connectivity index (χ2v) is 5.41. The molecule has 0 radical (unpaired) electrons. The van der Waals surface area contributed by atoms with Gasteiger partial charge in [-0.25, -0.2) is 0 Å². The molecule has 0 aliphatic rings. The zero-order valence-electron chi connectivity index (χ0n) is 12.2. The number of carbonyl (C=O) groups is 1. The molecule has 0 spiro atoms. The predicted molar refractivity (Wildman–Crippen MR) is 88.5 cm³/mol. The number of nitrogens with two attached hydrogens (primary N) is 1. The molecule has 0 amide bonds. The lowest BCUT2D eigenvalue weighted by molar-refractivity contribution is -0.141. The topological polar surface area (TPSA) is 72.5 Å². The van der Waals surface area contributed by atoms with Gasteiger partial charge >= 0.3 is 5.97 Å². The molecular weight excluding hydrogens is 313 g/mol. The highest BCUT2D eigenvalue weighted by molar-refractivity contribution is 6.30. The number of hydrogen-bond acceptors (Lipinski definition) is 3. The number of carboxylic acid groups (broad SMARTS) is 1. The predicted octanol–water partition coefficient (Wildman–Crippen LogP) is 4.39. The number of aliphatic carboxylic acids is 1. The third-order valence-corrected chi connectivity index (χ3v) is 3.42. The summed E-state index contributed by atoms with van der Waals surface area (Å²) in [4.78, 5) is 10.6. The number of hydrogen-bond donors (Lipinski definition) is 2. The number of halogens is 2. The first kappa shape index (κ1) is 19.9. The Morgan fingerprint density at radius 2 is 2.00 bits per heavy atom. The second kappa shape index (κ2) is 10.6. The summed E-state index contributed by atoms with van der Waals surface area (Å²) in [6.45, 7) is 2.36. The van der Waals surface area contributed by atoms with Crippen LogP contribution in [0.15, 0.2) is 18.2 Å². The molecule has 6 heteroatoms. The molecule has 1 atom stereocenters. The molecule has 0 fully saturated rings. The number of rotatable bonds is 9. The van der Waals surface area contributed by atoms with Crippen molar-refractivity contribution in [2.75, 3.05) is 12.3 Å². The van der Waals surface area contributed by atoms with E-state index in [1.807, 2.05) is 0 Å².